The van der Waals surface area contributed by atoms with Crippen LogP contribution in [0, 0.1) is 6.92 Å². The molecule has 0 aliphatic carbocycles. The molecule has 2 rings (SSSR count). The van der Waals surface area contributed by atoms with E-state index in [1.54, 1.807) is 0 Å². The number of amides is 1. The van der Waals surface area contributed by atoms with Crippen LogP contribution < -0.4 is 10.6 Å². The highest BCUT2D eigenvalue weighted by atomic mass is 16.2. The molecule has 1 aliphatic rings. The maximum absolute atomic E-state index is 12.3. The van der Waals surface area contributed by atoms with E-state index >= 15 is 0 Å². The van der Waals surface area contributed by atoms with Gasteiger partial charge in [0.05, 0.1) is 6.54 Å². The Labute approximate surface area is 158 Å². The molecule has 0 saturated carbocycles. The van der Waals surface area contributed by atoms with Crippen molar-refractivity contribution in [2.75, 3.05) is 26.2 Å². The molecule has 1 fully saturated rings. The molecule has 144 valence electrons. The van der Waals surface area contributed by atoms with Gasteiger partial charge in [-0.2, -0.15) is 0 Å². The fraction of sp³-hybridized carbons (Fsp3) is 0.619. The van der Waals surface area contributed by atoms with Gasteiger partial charge in [0.15, 0.2) is 5.96 Å². The second kappa shape index (κ2) is 11.6. The summed E-state index contributed by atoms with van der Waals surface area (Å²) in [6, 6.07) is 8.45. The van der Waals surface area contributed by atoms with E-state index < -0.39 is 0 Å². The number of nitrogens with zero attached hydrogens (tertiary/aromatic N) is 2. The summed E-state index contributed by atoms with van der Waals surface area (Å²) in [4.78, 5) is 19.0. The van der Waals surface area contributed by atoms with Crippen LogP contribution in [0.4, 0.5) is 0 Å². The van der Waals surface area contributed by atoms with E-state index in [0.29, 0.717) is 19.5 Å². The van der Waals surface area contributed by atoms with Crippen LogP contribution in [0.5, 0.6) is 0 Å². The van der Waals surface area contributed by atoms with E-state index in [4.69, 9.17) is 0 Å². The topological polar surface area (TPSA) is 56.7 Å². The highest BCUT2D eigenvalue weighted by Crippen LogP contribution is 2.09. The largest absolute Gasteiger partial charge is 0.356 e. The minimum absolute atomic E-state index is 0.253. The van der Waals surface area contributed by atoms with E-state index in [0.717, 1.165) is 51.3 Å². The first kappa shape index (κ1) is 20.3. The Bertz CT molecular complexity index is 562. The van der Waals surface area contributed by atoms with Crippen LogP contribution in [0.25, 0.3) is 0 Å². The molecule has 1 amide bonds. The average Bonchev–Trinajstić information content (AvgIpc) is 2.67. The quantitative estimate of drug-likeness (QED) is 0.426. The molecule has 0 atom stereocenters. The van der Waals surface area contributed by atoms with Gasteiger partial charge < -0.3 is 15.5 Å². The third-order valence-corrected chi connectivity index (χ3v) is 4.70. The summed E-state index contributed by atoms with van der Waals surface area (Å²) in [5.74, 6) is 1.05. The molecule has 5 nitrogen and oxygen atoms in total. The van der Waals surface area contributed by atoms with Gasteiger partial charge in [-0.15, -0.1) is 0 Å². The molecule has 0 aromatic heterocycles. The number of rotatable bonds is 8. The molecule has 2 N–H and O–H groups in total. The highest BCUT2D eigenvalue weighted by molar-refractivity contribution is 5.81. The van der Waals surface area contributed by atoms with E-state index in [9.17, 15) is 4.79 Å². The fourth-order valence-electron chi connectivity index (χ4n) is 3.01. The summed E-state index contributed by atoms with van der Waals surface area (Å²) in [5, 5.41) is 6.69. The lowest BCUT2D eigenvalue weighted by Crippen LogP contribution is -2.41. The second-order valence-corrected chi connectivity index (χ2v) is 7.05. The number of benzene rings is 1. The number of likely N-dealkylation sites (tertiary alicyclic amines) is 1. The monoisotopic (exact) mass is 358 g/mol. The Balaban J connectivity index is 1.81. The summed E-state index contributed by atoms with van der Waals surface area (Å²) < 4.78 is 0. The molecule has 1 aromatic carbocycles. The van der Waals surface area contributed by atoms with Crippen LogP contribution in [0.2, 0.25) is 0 Å². The molecule has 5 heteroatoms. The molecule has 1 aliphatic heterocycles. The molecule has 1 heterocycles. The number of carbonyl (C=O) groups excluding carboxylic acids is 1. The molecule has 0 unspecified atom stereocenters. The number of piperidine rings is 1. The van der Waals surface area contributed by atoms with Crippen molar-refractivity contribution in [2.45, 2.75) is 58.9 Å². The average molecular weight is 359 g/mol. The van der Waals surface area contributed by atoms with Gasteiger partial charge in [-0.1, -0.05) is 43.2 Å². The Kier molecular flexibility index (Phi) is 9.01. The summed E-state index contributed by atoms with van der Waals surface area (Å²) in [6.07, 6.45) is 6.31. The third kappa shape index (κ3) is 7.46. The Hall–Kier alpha value is -2.04. The number of nitrogens with one attached hydrogen (secondary N) is 2. The van der Waals surface area contributed by atoms with Crippen LogP contribution >= 0.6 is 0 Å². The summed E-state index contributed by atoms with van der Waals surface area (Å²) >= 11 is 0. The lowest BCUT2D eigenvalue weighted by molar-refractivity contribution is -0.131. The van der Waals surface area contributed by atoms with Crippen molar-refractivity contribution in [3.8, 4) is 0 Å². The molecule has 1 aromatic rings. The van der Waals surface area contributed by atoms with Crippen LogP contribution in [0.15, 0.2) is 29.3 Å². The third-order valence-electron chi connectivity index (χ3n) is 4.70. The van der Waals surface area contributed by atoms with Crippen molar-refractivity contribution in [3.05, 3.63) is 35.4 Å². The number of carbonyl (C=O) groups is 1. The van der Waals surface area contributed by atoms with E-state index in [2.05, 4.69) is 53.7 Å². The smallest absolute Gasteiger partial charge is 0.224 e. The van der Waals surface area contributed by atoms with Gasteiger partial charge >= 0.3 is 0 Å². The summed E-state index contributed by atoms with van der Waals surface area (Å²) in [6.45, 7) is 8.27. The van der Waals surface area contributed by atoms with Gasteiger partial charge in [-0.05, 0) is 38.2 Å². The highest BCUT2D eigenvalue weighted by Gasteiger charge is 2.15. The lowest BCUT2D eigenvalue weighted by atomic mass is 10.1. The second-order valence-electron chi connectivity index (χ2n) is 7.05. The van der Waals surface area contributed by atoms with Crippen molar-refractivity contribution in [1.82, 2.24) is 15.5 Å². The number of hydrogen-bond acceptors (Lipinski definition) is 2. The standard InChI is InChI=1S/C21H34N4O/c1-3-4-13-22-21(24-17-19-10-8-18(2)9-11-19)23-14-12-20(26)25-15-6-5-7-16-25/h8-11H,3-7,12-17H2,1-2H3,(H2,22,23,24). The van der Waals surface area contributed by atoms with E-state index in [1.807, 2.05) is 4.90 Å². The fourth-order valence-corrected chi connectivity index (χ4v) is 3.01. The summed E-state index contributed by atoms with van der Waals surface area (Å²) in [5.41, 5.74) is 2.45. The van der Waals surface area contributed by atoms with Crippen molar-refractivity contribution >= 4 is 11.9 Å². The predicted molar refractivity (Wildman–Crippen MR) is 108 cm³/mol. The van der Waals surface area contributed by atoms with Crippen molar-refractivity contribution in [3.63, 3.8) is 0 Å². The van der Waals surface area contributed by atoms with Crippen molar-refractivity contribution in [2.24, 2.45) is 4.99 Å². The number of aliphatic imine (C=N–C) groups is 1. The van der Waals surface area contributed by atoms with Gasteiger partial charge in [0.25, 0.3) is 0 Å². The molecule has 0 spiro atoms. The number of hydrogen-bond donors (Lipinski definition) is 2. The zero-order valence-corrected chi connectivity index (χ0v) is 16.4. The normalized spacial score (nSPS) is 15.0. The first-order valence-corrected chi connectivity index (χ1v) is 10.0. The SMILES string of the molecule is CCCCNC(=NCc1ccc(C)cc1)NCCC(=O)N1CCCCC1. The van der Waals surface area contributed by atoms with Gasteiger partial charge in [0, 0.05) is 32.6 Å². The predicted octanol–water partition coefficient (Wildman–Crippen LogP) is 3.23. The zero-order valence-electron chi connectivity index (χ0n) is 16.4. The van der Waals surface area contributed by atoms with Crippen LogP contribution in [-0.4, -0.2) is 42.9 Å². The first-order chi connectivity index (χ1) is 12.7. The summed E-state index contributed by atoms with van der Waals surface area (Å²) in [7, 11) is 0. The zero-order chi connectivity index (χ0) is 18.6. The number of unbranched alkanes of at least 4 members (excludes halogenated alkanes) is 1. The minimum Gasteiger partial charge on any atom is -0.356 e. The molecule has 26 heavy (non-hydrogen) atoms. The van der Waals surface area contributed by atoms with Gasteiger partial charge in [0.1, 0.15) is 0 Å². The van der Waals surface area contributed by atoms with E-state index in [1.165, 1.54) is 17.5 Å². The molecule has 0 bridgehead atoms. The molecular weight excluding hydrogens is 324 g/mol. The van der Waals surface area contributed by atoms with Crippen LogP contribution in [0.1, 0.15) is 56.6 Å². The maximum atomic E-state index is 12.3. The molecule has 1 saturated heterocycles. The van der Waals surface area contributed by atoms with Crippen LogP contribution in [-0.2, 0) is 11.3 Å². The minimum atomic E-state index is 0.253. The number of aryl methyl sites for hydroxylation is 1. The first-order valence-electron chi connectivity index (χ1n) is 10.0. The maximum Gasteiger partial charge on any atom is 0.224 e. The Morgan fingerprint density at radius 1 is 1.08 bits per heavy atom. The van der Waals surface area contributed by atoms with Gasteiger partial charge in [-0.25, -0.2) is 4.99 Å². The van der Waals surface area contributed by atoms with Gasteiger partial charge in [-0.3, -0.25) is 4.79 Å². The Morgan fingerprint density at radius 2 is 1.77 bits per heavy atom. The van der Waals surface area contributed by atoms with E-state index in [-0.39, 0.29) is 5.91 Å². The molecular formula is C21H34N4O. The van der Waals surface area contributed by atoms with Crippen LogP contribution in [0.3, 0.4) is 0 Å². The van der Waals surface area contributed by atoms with Crippen molar-refractivity contribution in [1.29, 1.82) is 0 Å². The Morgan fingerprint density at radius 3 is 2.46 bits per heavy atom. The van der Waals surface area contributed by atoms with Gasteiger partial charge in [0.2, 0.25) is 5.91 Å². The van der Waals surface area contributed by atoms with Crippen molar-refractivity contribution < 1.29 is 4.79 Å². The lowest BCUT2D eigenvalue weighted by Gasteiger charge is -2.26. The number of guanidine groups is 1. The molecule has 0 radical (unpaired) electrons.